The van der Waals surface area contributed by atoms with Gasteiger partial charge in [-0.1, -0.05) is 18.6 Å². The summed E-state index contributed by atoms with van der Waals surface area (Å²) in [7, 11) is 0. The summed E-state index contributed by atoms with van der Waals surface area (Å²) in [5.41, 5.74) is 4.10. The summed E-state index contributed by atoms with van der Waals surface area (Å²) in [6.45, 7) is 5.46. The Morgan fingerprint density at radius 3 is 3.00 bits per heavy atom. The molecular weight excluding hydrogens is 328 g/mol. The van der Waals surface area contributed by atoms with Crippen LogP contribution in [-0.4, -0.2) is 20.7 Å². The lowest BCUT2D eigenvalue weighted by Gasteiger charge is -2.08. The molecule has 0 fully saturated rings. The molecule has 1 amide bonds. The van der Waals surface area contributed by atoms with E-state index in [4.69, 9.17) is 4.42 Å². The van der Waals surface area contributed by atoms with Gasteiger partial charge in [-0.25, -0.2) is 0 Å². The average molecular weight is 352 g/mol. The predicted molar refractivity (Wildman–Crippen MR) is 98.8 cm³/mol. The second-order valence-electron chi connectivity index (χ2n) is 7.09. The Hall–Kier alpha value is -2.63. The van der Waals surface area contributed by atoms with Gasteiger partial charge in [-0.05, 0) is 37.8 Å². The number of nitrogens with zero attached hydrogens (tertiary/aromatic N) is 3. The van der Waals surface area contributed by atoms with E-state index in [0.717, 1.165) is 59.6 Å². The molecular formula is C20H24N4O2. The largest absolute Gasteiger partial charge is 0.464 e. The van der Waals surface area contributed by atoms with Gasteiger partial charge < -0.3 is 14.3 Å². The van der Waals surface area contributed by atoms with Gasteiger partial charge in [0.15, 0.2) is 5.82 Å². The van der Waals surface area contributed by atoms with E-state index >= 15 is 0 Å². The molecule has 26 heavy (non-hydrogen) atoms. The number of aryl methyl sites for hydroxylation is 3. The molecule has 1 aromatic carbocycles. The number of amides is 1. The number of rotatable bonds is 4. The topological polar surface area (TPSA) is 73.0 Å². The summed E-state index contributed by atoms with van der Waals surface area (Å²) in [6.07, 6.45) is 6.50. The Morgan fingerprint density at radius 1 is 1.23 bits per heavy atom. The van der Waals surface area contributed by atoms with E-state index in [-0.39, 0.29) is 5.91 Å². The van der Waals surface area contributed by atoms with E-state index in [1.807, 2.05) is 13.0 Å². The second kappa shape index (κ2) is 6.94. The van der Waals surface area contributed by atoms with Crippen LogP contribution in [0.1, 0.15) is 47.6 Å². The number of furan rings is 1. The van der Waals surface area contributed by atoms with Gasteiger partial charge in [-0.15, -0.1) is 10.2 Å². The van der Waals surface area contributed by atoms with Gasteiger partial charge in [0.2, 0.25) is 5.91 Å². The third-order valence-corrected chi connectivity index (χ3v) is 5.32. The van der Waals surface area contributed by atoms with Crippen molar-refractivity contribution in [3.8, 4) is 0 Å². The highest BCUT2D eigenvalue weighted by Crippen LogP contribution is 2.26. The van der Waals surface area contributed by atoms with Crippen LogP contribution >= 0.6 is 0 Å². The van der Waals surface area contributed by atoms with Crippen LogP contribution in [-0.2, 0) is 30.7 Å². The van der Waals surface area contributed by atoms with Crippen molar-refractivity contribution in [2.45, 2.75) is 59.0 Å². The number of carbonyl (C=O) groups excluding carboxylic acids is 1. The van der Waals surface area contributed by atoms with E-state index in [9.17, 15) is 4.79 Å². The fourth-order valence-corrected chi connectivity index (χ4v) is 3.61. The molecule has 0 atom stereocenters. The number of carbonyl (C=O) groups is 1. The maximum absolute atomic E-state index is 12.4. The van der Waals surface area contributed by atoms with Crippen molar-refractivity contribution in [2.75, 3.05) is 0 Å². The smallest absolute Gasteiger partial charge is 0.224 e. The van der Waals surface area contributed by atoms with E-state index in [1.54, 1.807) is 6.26 Å². The van der Waals surface area contributed by atoms with Crippen LogP contribution in [0.25, 0.3) is 11.0 Å². The quantitative estimate of drug-likeness (QED) is 0.782. The van der Waals surface area contributed by atoms with E-state index in [1.165, 1.54) is 12.0 Å². The zero-order valence-corrected chi connectivity index (χ0v) is 15.3. The number of fused-ring (bicyclic) bond motifs is 2. The molecule has 2 aromatic heterocycles. The maximum Gasteiger partial charge on any atom is 0.224 e. The van der Waals surface area contributed by atoms with Crippen molar-refractivity contribution in [2.24, 2.45) is 0 Å². The SMILES string of the molecule is Cc1ccc2c(CC(=O)NCc3nnc4n3CCCCC4)coc2c1C. The number of nitrogens with one attached hydrogen (secondary N) is 1. The van der Waals surface area contributed by atoms with Crippen molar-refractivity contribution < 1.29 is 9.21 Å². The normalized spacial score (nSPS) is 14.2. The van der Waals surface area contributed by atoms with Crippen LogP contribution in [0.15, 0.2) is 22.8 Å². The first-order chi connectivity index (χ1) is 12.6. The fraction of sp³-hybridized carbons (Fsp3) is 0.450. The van der Waals surface area contributed by atoms with Gasteiger partial charge in [0.25, 0.3) is 0 Å². The Morgan fingerprint density at radius 2 is 2.12 bits per heavy atom. The Labute approximate surface area is 152 Å². The summed E-state index contributed by atoms with van der Waals surface area (Å²) >= 11 is 0. The first-order valence-electron chi connectivity index (χ1n) is 9.27. The molecule has 0 saturated heterocycles. The molecule has 0 unspecified atom stereocenters. The Balaban J connectivity index is 1.44. The van der Waals surface area contributed by atoms with Crippen LogP contribution in [0.2, 0.25) is 0 Å². The monoisotopic (exact) mass is 352 g/mol. The van der Waals surface area contributed by atoms with Gasteiger partial charge in [-0.2, -0.15) is 0 Å². The molecule has 1 N–H and O–H groups in total. The summed E-state index contributed by atoms with van der Waals surface area (Å²) < 4.78 is 7.85. The first-order valence-corrected chi connectivity index (χ1v) is 9.27. The van der Waals surface area contributed by atoms with E-state index in [0.29, 0.717) is 13.0 Å². The lowest BCUT2D eigenvalue weighted by Crippen LogP contribution is -2.26. The number of aromatic nitrogens is 3. The Kier molecular flexibility index (Phi) is 4.49. The zero-order valence-electron chi connectivity index (χ0n) is 15.3. The molecule has 0 spiro atoms. The third-order valence-electron chi connectivity index (χ3n) is 5.32. The minimum absolute atomic E-state index is 0.0306. The van der Waals surface area contributed by atoms with Crippen molar-refractivity contribution in [1.29, 1.82) is 0 Å². The van der Waals surface area contributed by atoms with Crippen molar-refractivity contribution in [3.05, 3.63) is 46.7 Å². The number of benzene rings is 1. The summed E-state index contributed by atoms with van der Waals surface area (Å²) in [4.78, 5) is 12.4. The van der Waals surface area contributed by atoms with Crippen LogP contribution in [0.3, 0.4) is 0 Å². The highest BCUT2D eigenvalue weighted by molar-refractivity contribution is 5.89. The van der Waals surface area contributed by atoms with Gasteiger partial charge in [0.05, 0.1) is 19.2 Å². The standard InChI is InChI=1S/C20H24N4O2/c1-13-7-8-16-15(12-26-20(16)14(13)2)10-19(25)21-11-18-23-22-17-6-4-3-5-9-24(17)18/h7-8,12H,3-6,9-11H2,1-2H3,(H,21,25). The van der Waals surface area contributed by atoms with Crippen LogP contribution in [0.4, 0.5) is 0 Å². The van der Waals surface area contributed by atoms with Gasteiger partial charge in [0, 0.05) is 23.9 Å². The maximum atomic E-state index is 12.4. The molecule has 0 aliphatic carbocycles. The molecule has 6 heteroatoms. The van der Waals surface area contributed by atoms with Crippen LogP contribution in [0, 0.1) is 13.8 Å². The molecule has 0 radical (unpaired) electrons. The molecule has 3 aromatic rings. The van der Waals surface area contributed by atoms with Gasteiger partial charge in [0.1, 0.15) is 11.4 Å². The second-order valence-corrected chi connectivity index (χ2v) is 7.09. The lowest BCUT2D eigenvalue weighted by atomic mass is 10.0. The highest BCUT2D eigenvalue weighted by atomic mass is 16.3. The summed E-state index contributed by atoms with van der Waals surface area (Å²) in [5.74, 6) is 1.86. The van der Waals surface area contributed by atoms with Crippen LogP contribution < -0.4 is 5.32 Å². The number of hydrogen-bond acceptors (Lipinski definition) is 4. The first kappa shape index (κ1) is 16.8. The van der Waals surface area contributed by atoms with E-state index in [2.05, 4.69) is 33.1 Å². The van der Waals surface area contributed by atoms with Gasteiger partial charge in [-0.3, -0.25) is 4.79 Å². The van der Waals surface area contributed by atoms with Crippen LogP contribution in [0.5, 0.6) is 0 Å². The molecule has 4 rings (SSSR count). The van der Waals surface area contributed by atoms with Crippen molar-refractivity contribution in [1.82, 2.24) is 20.1 Å². The molecule has 0 bridgehead atoms. The minimum Gasteiger partial charge on any atom is -0.464 e. The molecule has 6 nitrogen and oxygen atoms in total. The fourth-order valence-electron chi connectivity index (χ4n) is 3.61. The molecule has 1 aliphatic heterocycles. The third kappa shape index (κ3) is 3.11. The summed E-state index contributed by atoms with van der Waals surface area (Å²) in [6, 6.07) is 4.10. The minimum atomic E-state index is -0.0306. The number of hydrogen-bond donors (Lipinski definition) is 1. The molecule has 3 heterocycles. The molecule has 1 aliphatic rings. The zero-order chi connectivity index (χ0) is 18.1. The summed E-state index contributed by atoms with van der Waals surface area (Å²) in [5, 5.41) is 12.5. The van der Waals surface area contributed by atoms with Gasteiger partial charge >= 0.3 is 0 Å². The highest BCUT2D eigenvalue weighted by Gasteiger charge is 2.16. The predicted octanol–water partition coefficient (Wildman–Crippen LogP) is 3.23. The molecule has 0 saturated carbocycles. The Bertz CT molecular complexity index is 954. The lowest BCUT2D eigenvalue weighted by molar-refractivity contribution is -0.120. The van der Waals surface area contributed by atoms with E-state index < -0.39 is 0 Å². The average Bonchev–Trinajstić information content (AvgIpc) is 3.13. The molecule has 136 valence electrons. The van der Waals surface area contributed by atoms with Crippen molar-refractivity contribution in [3.63, 3.8) is 0 Å². The van der Waals surface area contributed by atoms with Crippen molar-refractivity contribution >= 4 is 16.9 Å².